The summed E-state index contributed by atoms with van der Waals surface area (Å²) in [5.41, 5.74) is 5.68. The zero-order valence-corrected chi connectivity index (χ0v) is 11.4. The number of allylic oxidation sites excluding steroid dienone is 6. The first-order valence-corrected chi connectivity index (χ1v) is 6.81. The van der Waals surface area contributed by atoms with Gasteiger partial charge in [-0.3, -0.25) is 0 Å². The van der Waals surface area contributed by atoms with Gasteiger partial charge in [0.15, 0.2) is 0 Å². The highest BCUT2D eigenvalue weighted by Gasteiger charge is 2.33. The van der Waals surface area contributed by atoms with Gasteiger partial charge in [0, 0.05) is 5.92 Å². The Kier molecular flexibility index (Phi) is 3.42. The lowest BCUT2D eigenvalue weighted by Crippen LogP contribution is -2.11. The van der Waals surface area contributed by atoms with Gasteiger partial charge < -0.3 is 0 Å². The first-order chi connectivity index (χ1) is 8.04. The second-order valence-electron chi connectivity index (χ2n) is 5.71. The van der Waals surface area contributed by atoms with Crippen LogP contribution < -0.4 is 0 Å². The van der Waals surface area contributed by atoms with Crippen molar-refractivity contribution in [1.29, 1.82) is 0 Å². The van der Waals surface area contributed by atoms with Gasteiger partial charge in [-0.2, -0.15) is 0 Å². The Hall–Kier alpha value is -1.04. The maximum absolute atomic E-state index is 4.26. The van der Waals surface area contributed by atoms with E-state index in [9.17, 15) is 0 Å². The lowest BCUT2D eigenvalue weighted by Gasteiger charge is -2.20. The van der Waals surface area contributed by atoms with Gasteiger partial charge in [0.1, 0.15) is 0 Å². The highest BCUT2D eigenvalue weighted by atomic mass is 14.4. The molecule has 2 aliphatic carbocycles. The first-order valence-electron chi connectivity index (χ1n) is 6.81. The Balaban J connectivity index is 2.41. The van der Waals surface area contributed by atoms with Gasteiger partial charge in [-0.15, -0.1) is 0 Å². The van der Waals surface area contributed by atoms with Crippen molar-refractivity contribution in [2.24, 2.45) is 17.8 Å². The van der Waals surface area contributed by atoms with E-state index in [-0.39, 0.29) is 0 Å². The second kappa shape index (κ2) is 4.68. The van der Waals surface area contributed by atoms with Gasteiger partial charge in [0.05, 0.1) is 0 Å². The Labute approximate surface area is 106 Å². The summed E-state index contributed by atoms with van der Waals surface area (Å²) in [6.45, 7) is 15.2. The van der Waals surface area contributed by atoms with E-state index in [1.165, 1.54) is 29.6 Å². The Morgan fingerprint density at radius 1 is 1.41 bits per heavy atom. The SMILES string of the molecule is C=C(C)C1C=C2C(CC)=CC(=C)C2C(C)CC1. The van der Waals surface area contributed by atoms with Crippen molar-refractivity contribution in [3.05, 3.63) is 47.6 Å². The fourth-order valence-corrected chi connectivity index (χ4v) is 3.28. The standard InChI is InChI=1S/C17H24/c1-6-14-9-13(5)17-12(4)7-8-15(11(2)3)10-16(14)17/h9-10,12,15,17H,2,5-8H2,1,3-4H3. The van der Waals surface area contributed by atoms with Crippen LogP contribution in [0.2, 0.25) is 0 Å². The van der Waals surface area contributed by atoms with Crippen LogP contribution in [0, 0.1) is 17.8 Å². The van der Waals surface area contributed by atoms with Crippen molar-refractivity contribution in [1.82, 2.24) is 0 Å². The summed E-state index contributed by atoms with van der Waals surface area (Å²) in [6.07, 6.45) is 8.45. The fourth-order valence-electron chi connectivity index (χ4n) is 3.28. The molecule has 0 spiro atoms. The summed E-state index contributed by atoms with van der Waals surface area (Å²) in [7, 11) is 0. The van der Waals surface area contributed by atoms with Crippen molar-refractivity contribution in [3.8, 4) is 0 Å². The second-order valence-corrected chi connectivity index (χ2v) is 5.71. The first kappa shape index (κ1) is 12.4. The molecule has 0 aromatic carbocycles. The Morgan fingerprint density at radius 2 is 2.12 bits per heavy atom. The van der Waals surface area contributed by atoms with Crippen LogP contribution in [0.5, 0.6) is 0 Å². The molecule has 0 aromatic heterocycles. The summed E-state index contributed by atoms with van der Waals surface area (Å²) in [6, 6.07) is 0. The third kappa shape index (κ3) is 2.18. The van der Waals surface area contributed by atoms with Crippen LogP contribution in [0.4, 0.5) is 0 Å². The van der Waals surface area contributed by atoms with Crippen LogP contribution in [0.15, 0.2) is 47.6 Å². The van der Waals surface area contributed by atoms with E-state index in [4.69, 9.17) is 0 Å². The predicted molar refractivity (Wildman–Crippen MR) is 75.8 cm³/mol. The van der Waals surface area contributed by atoms with Crippen molar-refractivity contribution in [3.63, 3.8) is 0 Å². The fraction of sp³-hybridized carbons (Fsp3) is 0.529. The summed E-state index contributed by atoms with van der Waals surface area (Å²) in [4.78, 5) is 0. The molecule has 0 saturated carbocycles. The van der Waals surface area contributed by atoms with E-state index in [1.54, 1.807) is 5.57 Å². The van der Waals surface area contributed by atoms with Gasteiger partial charge in [0.2, 0.25) is 0 Å². The maximum atomic E-state index is 4.26. The molecule has 0 aliphatic heterocycles. The van der Waals surface area contributed by atoms with Crippen LogP contribution >= 0.6 is 0 Å². The number of hydrogen-bond donors (Lipinski definition) is 0. The molecule has 0 radical (unpaired) electrons. The van der Waals surface area contributed by atoms with E-state index in [1.807, 2.05) is 0 Å². The molecule has 0 nitrogen and oxygen atoms in total. The third-order valence-electron chi connectivity index (χ3n) is 4.36. The molecule has 0 amide bonds. The van der Waals surface area contributed by atoms with Crippen LogP contribution in [0.25, 0.3) is 0 Å². The van der Waals surface area contributed by atoms with Gasteiger partial charge in [-0.1, -0.05) is 44.7 Å². The molecule has 0 aromatic rings. The molecule has 0 bridgehead atoms. The highest BCUT2D eigenvalue weighted by molar-refractivity contribution is 5.51. The molecule has 92 valence electrons. The molecule has 17 heavy (non-hydrogen) atoms. The van der Waals surface area contributed by atoms with Crippen molar-refractivity contribution in [2.45, 2.75) is 40.0 Å². The van der Waals surface area contributed by atoms with Crippen LogP contribution in [0.1, 0.15) is 40.0 Å². The van der Waals surface area contributed by atoms with Gasteiger partial charge >= 0.3 is 0 Å². The van der Waals surface area contributed by atoms with Crippen molar-refractivity contribution >= 4 is 0 Å². The van der Waals surface area contributed by atoms with E-state index in [0.717, 1.165) is 12.3 Å². The molecule has 0 saturated heterocycles. The van der Waals surface area contributed by atoms with Gasteiger partial charge in [0.25, 0.3) is 0 Å². The van der Waals surface area contributed by atoms with E-state index < -0.39 is 0 Å². The van der Waals surface area contributed by atoms with E-state index in [2.05, 4.69) is 46.1 Å². The third-order valence-corrected chi connectivity index (χ3v) is 4.36. The monoisotopic (exact) mass is 228 g/mol. The largest absolute Gasteiger partial charge is 0.0995 e. The molecular weight excluding hydrogens is 204 g/mol. The van der Waals surface area contributed by atoms with Crippen LogP contribution in [-0.4, -0.2) is 0 Å². The van der Waals surface area contributed by atoms with E-state index in [0.29, 0.717) is 11.8 Å². The number of rotatable bonds is 2. The normalized spacial score (nSPS) is 32.6. The molecule has 3 unspecified atom stereocenters. The van der Waals surface area contributed by atoms with Crippen molar-refractivity contribution in [2.75, 3.05) is 0 Å². The van der Waals surface area contributed by atoms with Gasteiger partial charge in [-0.05, 0) is 54.7 Å². The lowest BCUT2D eigenvalue weighted by atomic mass is 9.83. The van der Waals surface area contributed by atoms with Gasteiger partial charge in [-0.25, -0.2) is 0 Å². The average molecular weight is 228 g/mol. The Morgan fingerprint density at radius 3 is 2.71 bits per heavy atom. The quantitative estimate of drug-likeness (QED) is 0.580. The summed E-state index contributed by atoms with van der Waals surface area (Å²) >= 11 is 0. The highest BCUT2D eigenvalue weighted by Crippen LogP contribution is 2.46. The molecule has 3 atom stereocenters. The number of fused-ring (bicyclic) bond motifs is 1. The minimum atomic E-state index is 0.568. The molecule has 0 fully saturated rings. The zero-order chi connectivity index (χ0) is 12.6. The Bertz CT molecular complexity index is 406. The molecular formula is C17H24. The molecule has 2 aliphatic rings. The van der Waals surface area contributed by atoms with Crippen LogP contribution in [-0.2, 0) is 0 Å². The average Bonchev–Trinajstić information content (AvgIpc) is 2.47. The molecule has 0 N–H and O–H groups in total. The topological polar surface area (TPSA) is 0 Å². The molecule has 0 heteroatoms. The number of hydrogen-bond acceptors (Lipinski definition) is 0. The van der Waals surface area contributed by atoms with E-state index >= 15 is 0 Å². The smallest absolute Gasteiger partial charge is 0.0109 e. The summed E-state index contributed by atoms with van der Waals surface area (Å²) < 4.78 is 0. The lowest BCUT2D eigenvalue weighted by molar-refractivity contribution is 0.431. The predicted octanol–water partition coefficient (Wildman–Crippen LogP) is 5.06. The van der Waals surface area contributed by atoms with Crippen LogP contribution in [0.3, 0.4) is 0 Å². The zero-order valence-electron chi connectivity index (χ0n) is 11.4. The van der Waals surface area contributed by atoms with Crippen molar-refractivity contribution < 1.29 is 0 Å². The summed E-state index contributed by atoms with van der Waals surface area (Å²) in [5.74, 6) is 1.87. The summed E-state index contributed by atoms with van der Waals surface area (Å²) in [5, 5.41) is 0. The minimum absolute atomic E-state index is 0.568. The minimum Gasteiger partial charge on any atom is -0.0995 e. The molecule has 2 rings (SSSR count). The molecule has 0 heterocycles. The maximum Gasteiger partial charge on any atom is 0.0109 e.